The van der Waals surface area contributed by atoms with Crippen LogP contribution in [0.1, 0.15) is 30.6 Å². The standard InChI is InChI=1S/C12H15BrO4/c1-3-5-17-11-7-9(13)8(12(14)15)6-10(11)16-4-2/h6-7H,3-5H2,1-2H3,(H,14,15). The fourth-order valence-corrected chi connectivity index (χ4v) is 1.78. The minimum Gasteiger partial charge on any atom is -0.490 e. The van der Waals surface area contributed by atoms with Crippen LogP contribution in [0.5, 0.6) is 11.5 Å². The fraction of sp³-hybridized carbons (Fsp3) is 0.417. The number of aromatic carboxylic acids is 1. The normalized spacial score (nSPS) is 10.1. The van der Waals surface area contributed by atoms with Gasteiger partial charge in [0.2, 0.25) is 0 Å². The Bertz CT molecular complexity index is 404. The van der Waals surface area contributed by atoms with Gasteiger partial charge in [0.25, 0.3) is 0 Å². The summed E-state index contributed by atoms with van der Waals surface area (Å²) in [7, 11) is 0. The van der Waals surface area contributed by atoms with Crippen molar-refractivity contribution in [1.82, 2.24) is 0 Å². The number of halogens is 1. The van der Waals surface area contributed by atoms with E-state index < -0.39 is 5.97 Å². The molecule has 5 heteroatoms. The number of benzene rings is 1. The number of hydrogen-bond acceptors (Lipinski definition) is 3. The molecule has 0 aromatic heterocycles. The summed E-state index contributed by atoms with van der Waals surface area (Å²) in [4.78, 5) is 11.0. The highest BCUT2D eigenvalue weighted by Gasteiger charge is 2.15. The third kappa shape index (κ3) is 3.63. The smallest absolute Gasteiger partial charge is 0.336 e. The maximum absolute atomic E-state index is 11.0. The third-order valence-electron chi connectivity index (χ3n) is 2.03. The van der Waals surface area contributed by atoms with Crippen molar-refractivity contribution in [3.05, 3.63) is 22.2 Å². The van der Waals surface area contributed by atoms with Crippen LogP contribution in [0, 0.1) is 0 Å². The molecule has 0 aliphatic heterocycles. The van der Waals surface area contributed by atoms with Gasteiger partial charge in [-0.1, -0.05) is 6.92 Å². The third-order valence-corrected chi connectivity index (χ3v) is 2.68. The molecule has 0 saturated heterocycles. The molecule has 1 aromatic rings. The maximum atomic E-state index is 11.0. The van der Waals surface area contributed by atoms with Gasteiger partial charge in [0.05, 0.1) is 18.8 Å². The average Bonchev–Trinajstić information content (AvgIpc) is 2.28. The van der Waals surface area contributed by atoms with Crippen LogP contribution in [0.2, 0.25) is 0 Å². The predicted octanol–water partition coefficient (Wildman–Crippen LogP) is 3.33. The van der Waals surface area contributed by atoms with E-state index in [0.717, 1.165) is 6.42 Å². The summed E-state index contributed by atoms with van der Waals surface area (Å²) < 4.78 is 11.4. The van der Waals surface area contributed by atoms with Crippen molar-refractivity contribution >= 4 is 21.9 Å². The molecule has 1 N–H and O–H groups in total. The van der Waals surface area contributed by atoms with Gasteiger partial charge < -0.3 is 14.6 Å². The van der Waals surface area contributed by atoms with Gasteiger partial charge >= 0.3 is 5.97 Å². The Balaban J connectivity index is 3.10. The van der Waals surface area contributed by atoms with E-state index >= 15 is 0 Å². The minimum atomic E-state index is -1.00. The maximum Gasteiger partial charge on any atom is 0.336 e. The molecule has 0 unspecified atom stereocenters. The lowest BCUT2D eigenvalue weighted by Gasteiger charge is -2.13. The van der Waals surface area contributed by atoms with Crippen LogP contribution in [0.25, 0.3) is 0 Å². The van der Waals surface area contributed by atoms with Crippen LogP contribution in [-0.4, -0.2) is 24.3 Å². The quantitative estimate of drug-likeness (QED) is 0.875. The summed E-state index contributed by atoms with van der Waals surface area (Å²) in [6.07, 6.45) is 0.879. The molecule has 0 bridgehead atoms. The Morgan fingerprint density at radius 1 is 1.29 bits per heavy atom. The van der Waals surface area contributed by atoms with Crippen LogP contribution in [0.4, 0.5) is 0 Å². The summed E-state index contributed by atoms with van der Waals surface area (Å²) in [5.74, 6) is 0.0204. The van der Waals surface area contributed by atoms with Crippen LogP contribution < -0.4 is 9.47 Å². The molecular formula is C12H15BrO4. The molecule has 0 saturated carbocycles. The van der Waals surface area contributed by atoms with E-state index in [0.29, 0.717) is 29.2 Å². The van der Waals surface area contributed by atoms with Gasteiger partial charge in [0.15, 0.2) is 11.5 Å². The van der Waals surface area contributed by atoms with Crippen molar-refractivity contribution in [3.8, 4) is 11.5 Å². The Morgan fingerprint density at radius 3 is 2.47 bits per heavy atom. The molecule has 0 atom stereocenters. The highest BCUT2D eigenvalue weighted by atomic mass is 79.9. The lowest BCUT2D eigenvalue weighted by atomic mass is 10.2. The van der Waals surface area contributed by atoms with Crippen molar-refractivity contribution in [2.24, 2.45) is 0 Å². The molecule has 0 spiro atoms. The summed E-state index contributed by atoms with van der Waals surface area (Å²) in [6.45, 7) is 4.87. The zero-order valence-electron chi connectivity index (χ0n) is 9.83. The Morgan fingerprint density at radius 2 is 1.94 bits per heavy atom. The first kappa shape index (κ1) is 13.8. The van der Waals surface area contributed by atoms with E-state index in [1.807, 2.05) is 13.8 Å². The molecule has 0 fully saturated rings. The van der Waals surface area contributed by atoms with E-state index in [1.165, 1.54) is 6.07 Å². The highest BCUT2D eigenvalue weighted by molar-refractivity contribution is 9.10. The van der Waals surface area contributed by atoms with E-state index in [1.54, 1.807) is 6.07 Å². The van der Waals surface area contributed by atoms with Gasteiger partial charge in [-0.15, -0.1) is 0 Å². The largest absolute Gasteiger partial charge is 0.490 e. The lowest BCUT2D eigenvalue weighted by molar-refractivity contribution is 0.0695. The van der Waals surface area contributed by atoms with Crippen LogP contribution in [0.15, 0.2) is 16.6 Å². The number of carbonyl (C=O) groups is 1. The van der Waals surface area contributed by atoms with Crippen molar-refractivity contribution < 1.29 is 19.4 Å². The molecule has 1 rings (SSSR count). The van der Waals surface area contributed by atoms with Gasteiger partial charge in [-0.3, -0.25) is 0 Å². The average molecular weight is 303 g/mol. The molecule has 0 aliphatic rings. The summed E-state index contributed by atoms with van der Waals surface area (Å²) in [5, 5.41) is 9.00. The summed E-state index contributed by atoms with van der Waals surface area (Å²) in [6, 6.07) is 3.10. The Kier molecular flexibility index (Phi) is 5.28. The molecule has 0 radical (unpaired) electrons. The van der Waals surface area contributed by atoms with E-state index in [4.69, 9.17) is 14.6 Å². The predicted molar refractivity (Wildman–Crippen MR) is 68.1 cm³/mol. The second-order valence-corrected chi connectivity index (χ2v) is 4.22. The topological polar surface area (TPSA) is 55.8 Å². The molecule has 0 heterocycles. The van der Waals surface area contributed by atoms with Crippen molar-refractivity contribution in [2.45, 2.75) is 20.3 Å². The number of carboxylic acids is 1. The SMILES string of the molecule is CCCOc1cc(Br)c(C(=O)O)cc1OCC. The van der Waals surface area contributed by atoms with Gasteiger partial charge in [0, 0.05) is 4.47 Å². The number of rotatable bonds is 6. The lowest BCUT2D eigenvalue weighted by Crippen LogP contribution is -2.04. The molecule has 4 nitrogen and oxygen atoms in total. The molecule has 1 aromatic carbocycles. The highest BCUT2D eigenvalue weighted by Crippen LogP contribution is 2.33. The van der Waals surface area contributed by atoms with Crippen LogP contribution in [-0.2, 0) is 0 Å². The first-order valence-electron chi connectivity index (χ1n) is 5.42. The van der Waals surface area contributed by atoms with Crippen molar-refractivity contribution in [3.63, 3.8) is 0 Å². The second-order valence-electron chi connectivity index (χ2n) is 3.37. The number of ether oxygens (including phenoxy) is 2. The van der Waals surface area contributed by atoms with Crippen molar-refractivity contribution in [2.75, 3.05) is 13.2 Å². The van der Waals surface area contributed by atoms with E-state index in [9.17, 15) is 4.79 Å². The van der Waals surface area contributed by atoms with Crippen LogP contribution >= 0.6 is 15.9 Å². The number of hydrogen-bond donors (Lipinski definition) is 1. The van der Waals surface area contributed by atoms with E-state index in [-0.39, 0.29) is 5.56 Å². The zero-order valence-corrected chi connectivity index (χ0v) is 11.4. The summed E-state index contributed by atoms with van der Waals surface area (Å²) >= 11 is 3.21. The van der Waals surface area contributed by atoms with E-state index in [2.05, 4.69) is 15.9 Å². The second kappa shape index (κ2) is 6.49. The van der Waals surface area contributed by atoms with Gasteiger partial charge in [-0.2, -0.15) is 0 Å². The van der Waals surface area contributed by atoms with Crippen molar-refractivity contribution in [1.29, 1.82) is 0 Å². The molecule has 0 amide bonds. The Hall–Kier alpha value is -1.23. The molecule has 0 aliphatic carbocycles. The van der Waals surface area contributed by atoms with Crippen LogP contribution in [0.3, 0.4) is 0 Å². The first-order chi connectivity index (χ1) is 8.10. The molecular weight excluding hydrogens is 288 g/mol. The first-order valence-corrected chi connectivity index (χ1v) is 6.21. The minimum absolute atomic E-state index is 0.164. The zero-order chi connectivity index (χ0) is 12.8. The molecule has 94 valence electrons. The monoisotopic (exact) mass is 302 g/mol. The fourth-order valence-electron chi connectivity index (χ4n) is 1.29. The van der Waals surface area contributed by atoms with Gasteiger partial charge in [0.1, 0.15) is 0 Å². The number of carboxylic acid groups (broad SMARTS) is 1. The van der Waals surface area contributed by atoms with Gasteiger partial charge in [-0.05, 0) is 41.4 Å². The molecule has 17 heavy (non-hydrogen) atoms. The summed E-state index contributed by atoms with van der Waals surface area (Å²) in [5.41, 5.74) is 0.164. The van der Waals surface area contributed by atoms with Gasteiger partial charge in [-0.25, -0.2) is 4.79 Å². The Labute approximate surface area is 109 Å².